The molecule has 1 heterocycles. The topological polar surface area (TPSA) is 65.7 Å². The number of hydrogen-bond acceptors (Lipinski definition) is 5. The van der Waals surface area contributed by atoms with Crippen LogP contribution in [0.25, 0.3) is 11.0 Å². The molecule has 3 rings (SSSR count). The molecule has 0 radical (unpaired) electrons. The molecule has 25 heavy (non-hydrogen) atoms. The van der Waals surface area contributed by atoms with Gasteiger partial charge in [-0.25, -0.2) is 9.59 Å². The van der Waals surface area contributed by atoms with Gasteiger partial charge in [-0.1, -0.05) is 30.3 Å². The number of carbonyl (C=O) groups is 1. The molecule has 0 bridgehead atoms. The SMILES string of the molecule is Cc1ccc2c(COC(=O)[C@@H](C)Oc3ccccc3)cc(=O)oc2c1. The van der Waals surface area contributed by atoms with Gasteiger partial charge in [0.25, 0.3) is 0 Å². The Kier molecular flexibility index (Phi) is 4.84. The van der Waals surface area contributed by atoms with Crippen LogP contribution in [0.5, 0.6) is 5.75 Å². The maximum Gasteiger partial charge on any atom is 0.347 e. The van der Waals surface area contributed by atoms with E-state index in [-0.39, 0.29) is 6.61 Å². The lowest BCUT2D eigenvalue weighted by Crippen LogP contribution is -2.26. The van der Waals surface area contributed by atoms with Crippen molar-refractivity contribution in [3.63, 3.8) is 0 Å². The highest BCUT2D eigenvalue weighted by Crippen LogP contribution is 2.19. The molecule has 0 unspecified atom stereocenters. The first-order valence-electron chi connectivity index (χ1n) is 7.94. The first kappa shape index (κ1) is 16.8. The third-order valence-corrected chi connectivity index (χ3v) is 3.74. The Morgan fingerprint density at radius 3 is 2.64 bits per heavy atom. The molecule has 5 nitrogen and oxygen atoms in total. The second-order valence-electron chi connectivity index (χ2n) is 5.77. The van der Waals surface area contributed by atoms with Crippen molar-refractivity contribution in [2.24, 2.45) is 0 Å². The van der Waals surface area contributed by atoms with E-state index < -0.39 is 17.7 Å². The van der Waals surface area contributed by atoms with Gasteiger partial charge in [-0.05, 0) is 37.6 Å². The number of carbonyl (C=O) groups excluding carboxylic acids is 1. The van der Waals surface area contributed by atoms with E-state index in [0.29, 0.717) is 16.9 Å². The summed E-state index contributed by atoms with van der Waals surface area (Å²) in [4.78, 5) is 23.9. The Morgan fingerprint density at radius 2 is 1.88 bits per heavy atom. The van der Waals surface area contributed by atoms with E-state index in [9.17, 15) is 9.59 Å². The van der Waals surface area contributed by atoms with E-state index in [2.05, 4.69) is 0 Å². The third-order valence-electron chi connectivity index (χ3n) is 3.74. The average Bonchev–Trinajstić information content (AvgIpc) is 2.59. The molecule has 0 N–H and O–H groups in total. The van der Waals surface area contributed by atoms with Gasteiger partial charge in [-0.15, -0.1) is 0 Å². The summed E-state index contributed by atoms with van der Waals surface area (Å²) in [6, 6.07) is 15.9. The summed E-state index contributed by atoms with van der Waals surface area (Å²) in [6.45, 7) is 3.51. The Balaban J connectivity index is 1.72. The van der Waals surface area contributed by atoms with Gasteiger partial charge in [0.15, 0.2) is 6.10 Å². The van der Waals surface area contributed by atoms with Crippen molar-refractivity contribution in [3.8, 4) is 5.75 Å². The molecule has 0 aliphatic heterocycles. The van der Waals surface area contributed by atoms with Crippen LogP contribution in [0.1, 0.15) is 18.1 Å². The molecule has 2 aromatic carbocycles. The predicted molar refractivity (Wildman–Crippen MR) is 93.5 cm³/mol. The largest absolute Gasteiger partial charge is 0.479 e. The average molecular weight is 338 g/mol. The predicted octanol–water partition coefficient (Wildman–Crippen LogP) is 3.61. The lowest BCUT2D eigenvalue weighted by molar-refractivity contribution is -0.152. The van der Waals surface area contributed by atoms with Crippen LogP contribution in [0.4, 0.5) is 0 Å². The van der Waals surface area contributed by atoms with Crippen molar-refractivity contribution in [2.45, 2.75) is 26.6 Å². The zero-order valence-electron chi connectivity index (χ0n) is 14.0. The lowest BCUT2D eigenvalue weighted by Gasteiger charge is -2.14. The van der Waals surface area contributed by atoms with Crippen molar-refractivity contribution < 1.29 is 18.7 Å². The molecule has 0 spiro atoms. The first-order chi connectivity index (χ1) is 12.0. The highest BCUT2D eigenvalue weighted by Gasteiger charge is 2.17. The summed E-state index contributed by atoms with van der Waals surface area (Å²) in [6.07, 6.45) is -0.754. The summed E-state index contributed by atoms with van der Waals surface area (Å²) in [5.41, 5.74) is 1.59. The Labute approximate surface area is 144 Å². The van der Waals surface area contributed by atoms with Crippen LogP contribution < -0.4 is 10.4 Å². The van der Waals surface area contributed by atoms with Gasteiger partial charge < -0.3 is 13.9 Å². The van der Waals surface area contributed by atoms with E-state index in [1.165, 1.54) is 6.07 Å². The number of rotatable bonds is 5. The number of benzene rings is 2. The summed E-state index contributed by atoms with van der Waals surface area (Å²) in [5, 5.41) is 0.745. The minimum atomic E-state index is -0.754. The molecule has 0 amide bonds. The van der Waals surface area contributed by atoms with Crippen LogP contribution >= 0.6 is 0 Å². The summed E-state index contributed by atoms with van der Waals surface area (Å²) in [7, 11) is 0. The molecule has 3 aromatic rings. The number of esters is 1. The number of hydrogen-bond donors (Lipinski definition) is 0. The molecular formula is C20H18O5. The second-order valence-corrected chi connectivity index (χ2v) is 5.77. The molecule has 1 atom stereocenters. The summed E-state index contributed by atoms with van der Waals surface area (Å²) < 4.78 is 16.0. The van der Waals surface area contributed by atoms with Crippen molar-refractivity contribution in [2.75, 3.05) is 0 Å². The standard InChI is InChI=1S/C20H18O5/c1-13-8-9-17-15(11-19(21)25-18(17)10-13)12-23-20(22)14(2)24-16-6-4-3-5-7-16/h3-11,14H,12H2,1-2H3/t14-/m1/s1. The van der Waals surface area contributed by atoms with Crippen molar-refractivity contribution in [1.82, 2.24) is 0 Å². The number of aryl methyl sites for hydroxylation is 1. The number of ether oxygens (including phenoxy) is 2. The van der Waals surface area contributed by atoms with Crippen molar-refractivity contribution >= 4 is 16.9 Å². The van der Waals surface area contributed by atoms with Crippen molar-refractivity contribution in [1.29, 1.82) is 0 Å². The minimum Gasteiger partial charge on any atom is -0.479 e. The highest BCUT2D eigenvalue weighted by atomic mass is 16.6. The third kappa shape index (κ3) is 4.07. The maximum atomic E-state index is 12.1. The monoisotopic (exact) mass is 338 g/mol. The van der Waals surface area contributed by atoms with Gasteiger partial charge in [-0.2, -0.15) is 0 Å². The quantitative estimate of drug-likeness (QED) is 0.525. The second kappa shape index (κ2) is 7.21. The fourth-order valence-electron chi connectivity index (χ4n) is 2.47. The van der Waals surface area contributed by atoms with Gasteiger partial charge in [-0.3, -0.25) is 0 Å². The van der Waals surface area contributed by atoms with Crippen molar-refractivity contribution in [3.05, 3.63) is 76.1 Å². The molecule has 128 valence electrons. The van der Waals surface area contributed by atoms with E-state index in [1.807, 2.05) is 37.3 Å². The Bertz CT molecular complexity index is 943. The number of fused-ring (bicyclic) bond motifs is 1. The molecule has 0 aliphatic carbocycles. The minimum absolute atomic E-state index is 0.0213. The lowest BCUT2D eigenvalue weighted by atomic mass is 10.1. The van der Waals surface area contributed by atoms with Gasteiger partial charge in [0.05, 0.1) is 0 Å². The zero-order chi connectivity index (χ0) is 17.8. The van der Waals surface area contributed by atoms with E-state index in [1.54, 1.807) is 25.1 Å². The molecule has 0 saturated heterocycles. The fraction of sp³-hybridized carbons (Fsp3) is 0.200. The number of para-hydroxylation sites is 1. The van der Waals surface area contributed by atoms with Gasteiger partial charge >= 0.3 is 11.6 Å². The van der Waals surface area contributed by atoms with Gasteiger partial charge in [0.1, 0.15) is 17.9 Å². The molecule has 1 aromatic heterocycles. The van der Waals surface area contributed by atoms with Crippen LogP contribution in [0.2, 0.25) is 0 Å². The van der Waals surface area contributed by atoms with E-state index in [4.69, 9.17) is 13.9 Å². The van der Waals surface area contributed by atoms with Crippen LogP contribution in [0.3, 0.4) is 0 Å². The van der Waals surface area contributed by atoms with Crippen LogP contribution in [-0.4, -0.2) is 12.1 Å². The summed E-state index contributed by atoms with van der Waals surface area (Å²) in [5.74, 6) is 0.0885. The summed E-state index contributed by atoms with van der Waals surface area (Å²) >= 11 is 0. The smallest absolute Gasteiger partial charge is 0.347 e. The molecular weight excluding hydrogens is 320 g/mol. The first-order valence-corrected chi connectivity index (χ1v) is 7.94. The van der Waals surface area contributed by atoms with Crippen LogP contribution in [0, 0.1) is 6.92 Å². The fourth-order valence-corrected chi connectivity index (χ4v) is 2.47. The molecule has 0 aliphatic rings. The van der Waals surface area contributed by atoms with Crippen LogP contribution in [-0.2, 0) is 16.1 Å². The van der Waals surface area contributed by atoms with Crippen LogP contribution in [0.15, 0.2) is 63.8 Å². The molecule has 0 saturated carbocycles. The Morgan fingerprint density at radius 1 is 1.12 bits per heavy atom. The van der Waals surface area contributed by atoms with Gasteiger partial charge in [0, 0.05) is 17.0 Å². The van der Waals surface area contributed by atoms with Gasteiger partial charge in [0.2, 0.25) is 0 Å². The van der Waals surface area contributed by atoms with E-state index in [0.717, 1.165) is 10.9 Å². The highest BCUT2D eigenvalue weighted by molar-refractivity contribution is 5.81. The molecule has 0 fully saturated rings. The Hall–Kier alpha value is -3.08. The normalized spacial score (nSPS) is 11.9. The van der Waals surface area contributed by atoms with E-state index >= 15 is 0 Å². The maximum absolute atomic E-state index is 12.1. The molecule has 5 heteroatoms. The zero-order valence-corrected chi connectivity index (χ0v) is 14.0.